The van der Waals surface area contributed by atoms with Crippen LogP contribution in [0.15, 0.2) is 18.2 Å². The van der Waals surface area contributed by atoms with Crippen LogP contribution in [0.1, 0.15) is 34.3 Å². The van der Waals surface area contributed by atoms with Crippen LogP contribution in [0.5, 0.6) is 0 Å². The van der Waals surface area contributed by atoms with Gasteiger partial charge in [-0.15, -0.1) is 0 Å². The number of nitrogens with two attached hydrogens (primary N) is 1. The van der Waals surface area contributed by atoms with Crippen molar-refractivity contribution in [2.75, 3.05) is 26.2 Å². The highest BCUT2D eigenvalue weighted by Crippen LogP contribution is 2.19. The van der Waals surface area contributed by atoms with Crippen molar-refractivity contribution in [3.63, 3.8) is 0 Å². The second kappa shape index (κ2) is 7.26. The van der Waals surface area contributed by atoms with Crippen molar-refractivity contribution in [3.8, 4) is 11.8 Å². The van der Waals surface area contributed by atoms with E-state index in [1.165, 1.54) is 0 Å². The summed E-state index contributed by atoms with van der Waals surface area (Å²) < 4.78 is 0. The van der Waals surface area contributed by atoms with Crippen LogP contribution < -0.4 is 5.73 Å². The Morgan fingerprint density at radius 2 is 2.33 bits per heavy atom. The molecule has 1 aromatic carbocycles. The second-order valence-corrected chi connectivity index (χ2v) is 5.48. The molecule has 21 heavy (non-hydrogen) atoms. The largest absolute Gasteiger partial charge is 0.396 e. The van der Waals surface area contributed by atoms with Gasteiger partial charge in [0.2, 0.25) is 0 Å². The number of hydrogen-bond donors (Lipinski definition) is 2. The van der Waals surface area contributed by atoms with Crippen LogP contribution in [0.4, 0.5) is 0 Å². The third kappa shape index (κ3) is 3.84. The van der Waals surface area contributed by atoms with Crippen molar-refractivity contribution in [2.24, 2.45) is 11.7 Å². The number of hydrogen-bond acceptors (Lipinski definition) is 3. The van der Waals surface area contributed by atoms with Gasteiger partial charge in [0.25, 0.3) is 5.91 Å². The molecule has 0 aliphatic carbocycles. The van der Waals surface area contributed by atoms with Gasteiger partial charge in [-0.25, -0.2) is 0 Å². The van der Waals surface area contributed by atoms with Crippen LogP contribution >= 0.6 is 0 Å². The molecule has 0 aromatic heterocycles. The van der Waals surface area contributed by atoms with E-state index < -0.39 is 0 Å². The fourth-order valence-corrected chi connectivity index (χ4v) is 2.66. The number of nitrogens with zero attached hydrogens (tertiary/aromatic N) is 1. The van der Waals surface area contributed by atoms with Gasteiger partial charge >= 0.3 is 0 Å². The van der Waals surface area contributed by atoms with Crippen molar-refractivity contribution in [1.29, 1.82) is 0 Å². The fourth-order valence-electron chi connectivity index (χ4n) is 2.66. The number of aliphatic hydroxyl groups excluding tert-OH is 1. The molecule has 112 valence electrons. The minimum absolute atomic E-state index is 0.0367. The predicted octanol–water partition coefficient (Wildman–Crippen LogP) is 1.15. The van der Waals surface area contributed by atoms with E-state index in [4.69, 9.17) is 5.73 Å². The molecule has 1 aliphatic heterocycles. The van der Waals surface area contributed by atoms with Crippen molar-refractivity contribution in [2.45, 2.75) is 19.8 Å². The summed E-state index contributed by atoms with van der Waals surface area (Å²) in [5.74, 6) is 6.07. The number of carbonyl (C=O) groups excluding carboxylic acids is 1. The summed E-state index contributed by atoms with van der Waals surface area (Å²) in [5, 5.41) is 9.26. The lowest BCUT2D eigenvalue weighted by Crippen LogP contribution is -2.40. The first-order valence-corrected chi connectivity index (χ1v) is 7.35. The molecule has 1 fully saturated rings. The highest BCUT2D eigenvalue weighted by Gasteiger charge is 2.24. The highest BCUT2D eigenvalue weighted by molar-refractivity contribution is 5.94. The van der Waals surface area contributed by atoms with E-state index in [9.17, 15) is 9.90 Å². The lowest BCUT2D eigenvalue weighted by molar-refractivity contribution is 0.0620. The third-order valence-corrected chi connectivity index (χ3v) is 3.86. The average molecular weight is 286 g/mol. The number of rotatable bonds is 2. The number of benzene rings is 1. The molecule has 1 aromatic rings. The summed E-state index contributed by atoms with van der Waals surface area (Å²) in [5.41, 5.74) is 7.95. The molecule has 0 radical (unpaired) electrons. The molecule has 0 saturated carbocycles. The number of amides is 1. The molecule has 1 amide bonds. The van der Waals surface area contributed by atoms with Gasteiger partial charge < -0.3 is 15.7 Å². The van der Waals surface area contributed by atoms with E-state index >= 15 is 0 Å². The number of piperidine rings is 1. The topological polar surface area (TPSA) is 66.6 Å². The van der Waals surface area contributed by atoms with Gasteiger partial charge in [-0.2, -0.15) is 0 Å². The minimum Gasteiger partial charge on any atom is -0.396 e. The zero-order valence-electron chi connectivity index (χ0n) is 12.4. The Balaban J connectivity index is 2.14. The fraction of sp³-hybridized carbons (Fsp3) is 0.471. The SMILES string of the molecule is Cc1cc(C(=O)N2CCCC(CO)C2)ccc1C#CCN. The molecule has 1 unspecified atom stereocenters. The van der Waals surface area contributed by atoms with Gasteiger partial charge in [0.05, 0.1) is 6.54 Å². The molecule has 1 heterocycles. The summed E-state index contributed by atoms with van der Waals surface area (Å²) in [6.45, 7) is 3.84. The van der Waals surface area contributed by atoms with Crippen LogP contribution in [0, 0.1) is 24.7 Å². The van der Waals surface area contributed by atoms with E-state index in [2.05, 4.69) is 11.8 Å². The zero-order valence-corrected chi connectivity index (χ0v) is 12.4. The molecule has 1 atom stereocenters. The third-order valence-electron chi connectivity index (χ3n) is 3.86. The van der Waals surface area contributed by atoms with Crippen molar-refractivity contribution in [3.05, 3.63) is 34.9 Å². The smallest absolute Gasteiger partial charge is 0.253 e. The lowest BCUT2D eigenvalue weighted by Gasteiger charge is -2.32. The van der Waals surface area contributed by atoms with Crippen molar-refractivity contribution >= 4 is 5.91 Å². The Bertz CT molecular complexity index is 572. The highest BCUT2D eigenvalue weighted by atomic mass is 16.3. The van der Waals surface area contributed by atoms with Gasteiger partial charge in [-0.05, 0) is 49.4 Å². The van der Waals surface area contributed by atoms with E-state index in [0.717, 1.165) is 30.5 Å². The first-order chi connectivity index (χ1) is 10.2. The molecule has 4 heteroatoms. The summed E-state index contributed by atoms with van der Waals surface area (Å²) in [6, 6.07) is 5.57. The maximum absolute atomic E-state index is 12.5. The van der Waals surface area contributed by atoms with Crippen LogP contribution in [0.25, 0.3) is 0 Å². The van der Waals surface area contributed by atoms with Crippen molar-refractivity contribution < 1.29 is 9.90 Å². The zero-order chi connectivity index (χ0) is 15.2. The summed E-state index contributed by atoms with van der Waals surface area (Å²) in [4.78, 5) is 14.4. The maximum Gasteiger partial charge on any atom is 0.253 e. The molecule has 1 saturated heterocycles. The van der Waals surface area contributed by atoms with Gasteiger partial charge in [-0.3, -0.25) is 4.79 Å². The molecular formula is C17H22N2O2. The Hall–Kier alpha value is -1.83. The Kier molecular flexibility index (Phi) is 5.38. The van der Waals surface area contributed by atoms with E-state index in [0.29, 0.717) is 18.7 Å². The van der Waals surface area contributed by atoms with E-state index in [-0.39, 0.29) is 18.4 Å². The van der Waals surface area contributed by atoms with Crippen LogP contribution in [0.3, 0.4) is 0 Å². The minimum atomic E-state index is 0.0367. The number of aliphatic hydroxyl groups is 1. The quantitative estimate of drug-likeness (QED) is 0.802. The standard InChI is InChI=1S/C17H22N2O2/c1-13-10-16(7-6-15(13)5-2-8-18)17(21)19-9-3-4-14(11-19)12-20/h6-7,10,14,20H,3-4,8-9,11-12,18H2,1H3. The molecule has 0 bridgehead atoms. The van der Waals surface area contributed by atoms with E-state index in [1.807, 2.05) is 30.0 Å². The monoisotopic (exact) mass is 286 g/mol. The molecule has 1 aliphatic rings. The van der Waals surface area contributed by atoms with Gasteiger partial charge in [0.1, 0.15) is 0 Å². The normalized spacial score (nSPS) is 18.0. The van der Waals surface area contributed by atoms with Gasteiger partial charge in [0.15, 0.2) is 0 Å². The van der Waals surface area contributed by atoms with Crippen molar-refractivity contribution in [1.82, 2.24) is 4.90 Å². The number of aryl methyl sites for hydroxylation is 1. The number of likely N-dealkylation sites (tertiary alicyclic amines) is 1. The summed E-state index contributed by atoms with van der Waals surface area (Å²) in [6.07, 6.45) is 1.95. The van der Waals surface area contributed by atoms with Crippen LogP contribution in [-0.4, -0.2) is 42.2 Å². The average Bonchev–Trinajstić information content (AvgIpc) is 2.53. The second-order valence-electron chi connectivity index (χ2n) is 5.48. The molecule has 0 spiro atoms. The first kappa shape index (κ1) is 15.6. The maximum atomic E-state index is 12.5. The first-order valence-electron chi connectivity index (χ1n) is 7.35. The lowest BCUT2D eigenvalue weighted by atomic mass is 9.97. The van der Waals surface area contributed by atoms with Crippen LogP contribution in [0.2, 0.25) is 0 Å². The Labute approximate surface area is 125 Å². The Morgan fingerprint density at radius 3 is 3.00 bits per heavy atom. The summed E-state index contributed by atoms with van der Waals surface area (Å²) in [7, 11) is 0. The van der Waals surface area contributed by atoms with Crippen LogP contribution in [-0.2, 0) is 0 Å². The van der Waals surface area contributed by atoms with Gasteiger partial charge in [0, 0.05) is 30.8 Å². The predicted molar refractivity (Wildman–Crippen MR) is 82.8 cm³/mol. The molecule has 4 nitrogen and oxygen atoms in total. The van der Waals surface area contributed by atoms with Gasteiger partial charge in [-0.1, -0.05) is 11.8 Å². The summed E-state index contributed by atoms with van der Waals surface area (Å²) >= 11 is 0. The molecule has 2 rings (SSSR count). The Morgan fingerprint density at radius 1 is 1.52 bits per heavy atom. The number of carbonyl (C=O) groups is 1. The molecule has 3 N–H and O–H groups in total. The molecular weight excluding hydrogens is 264 g/mol. The van der Waals surface area contributed by atoms with E-state index in [1.54, 1.807) is 0 Å².